The van der Waals surface area contributed by atoms with Crippen molar-refractivity contribution in [3.8, 4) is 0 Å². The molecule has 0 amide bonds. The van der Waals surface area contributed by atoms with Crippen molar-refractivity contribution in [1.82, 2.24) is 5.32 Å². The maximum atomic E-state index is 3.77. The van der Waals surface area contributed by atoms with Crippen LogP contribution in [0.1, 0.15) is 51.0 Å². The lowest BCUT2D eigenvalue weighted by atomic mass is 9.83. The van der Waals surface area contributed by atoms with E-state index >= 15 is 0 Å². The van der Waals surface area contributed by atoms with Crippen molar-refractivity contribution in [3.63, 3.8) is 0 Å². The molecule has 1 N–H and O–H groups in total. The van der Waals surface area contributed by atoms with E-state index in [1.54, 1.807) is 0 Å². The molecule has 0 heterocycles. The van der Waals surface area contributed by atoms with Gasteiger partial charge in [0.1, 0.15) is 0 Å². The van der Waals surface area contributed by atoms with E-state index in [-0.39, 0.29) is 0 Å². The van der Waals surface area contributed by atoms with Crippen LogP contribution in [0.15, 0.2) is 27.1 Å². The smallest absolute Gasteiger partial charge is 0.0320 e. The number of nitrogens with one attached hydrogen (secondary N) is 1. The fraction of sp³-hybridized carbons (Fsp3) is 0.625. The molecular formula is C16H23Br2N. The summed E-state index contributed by atoms with van der Waals surface area (Å²) in [7, 11) is 0. The minimum Gasteiger partial charge on any atom is -0.310 e. The van der Waals surface area contributed by atoms with Gasteiger partial charge in [-0.05, 0) is 74.7 Å². The first-order valence-corrected chi connectivity index (χ1v) is 8.96. The number of hydrogen-bond donors (Lipinski definition) is 1. The molecule has 3 heteroatoms. The van der Waals surface area contributed by atoms with Gasteiger partial charge < -0.3 is 5.32 Å². The summed E-state index contributed by atoms with van der Waals surface area (Å²) < 4.78 is 2.26. The van der Waals surface area contributed by atoms with Gasteiger partial charge in [0.15, 0.2) is 0 Å². The standard InChI is InChI=1S/C16H23Br2N/c1-2-16(13-6-4-3-5-7-13)19-11-12-8-9-14(17)15(18)10-12/h8-10,13,16,19H,2-7,11H2,1H3. The van der Waals surface area contributed by atoms with E-state index in [9.17, 15) is 0 Å². The van der Waals surface area contributed by atoms with Gasteiger partial charge in [-0.25, -0.2) is 0 Å². The lowest BCUT2D eigenvalue weighted by Gasteiger charge is -2.30. The van der Waals surface area contributed by atoms with E-state index in [2.05, 4.69) is 62.3 Å². The van der Waals surface area contributed by atoms with Gasteiger partial charge in [-0.2, -0.15) is 0 Å². The summed E-state index contributed by atoms with van der Waals surface area (Å²) in [5.41, 5.74) is 1.35. The molecule has 19 heavy (non-hydrogen) atoms. The molecule has 0 aromatic heterocycles. The van der Waals surface area contributed by atoms with Gasteiger partial charge in [-0.15, -0.1) is 0 Å². The molecule has 0 saturated heterocycles. The van der Waals surface area contributed by atoms with Gasteiger partial charge in [0.25, 0.3) is 0 Å². The minimum atomic E-state index is 0.683. The van der Waals surface area contributed by atoms with Gasteiger partial charge >= 0.3 is 0 Å². The molecule has 1 aliphatic rings. The molecule has 2 rings (SSSR count). The topological polar surface area (TPSA) is 12.0 Å². The summed E-state index contributed by atoms with van der Waals surface area (Å²) in [5.74, 6) is 0.887. The van der Waals surface area contributed by atoms with Crippen molar-refractivity contribution >= 4 is 31.9 Å². The Morgan fingerprint density at radius 3 is 2.53 bits per heavy atom. The van der Waals surface area contributed by atoms with E-state index in [4.69, 9.17) is 0 Å². The average Bonchev–Trinajstić information content (AvgIpc) is 2.44. The van der Waals surface area contributed by atoms with Gasteiger partial charge in [0.2, 0.25) is 0 Å². The average molecular weight is 389 g/mol. The molecule has 1 saturated carbocycles. The number of benzene rings is 1. The summed E-state index contributed by atoms with van der Waals surface area (Å²) in [6, 6.07) is 7.19. The van der Waals surface area contributed by atoms with E-state index in [1.165, 1.54) is 44.1 Å². The Labute approximate surface area is 133 Å². The second-order valence-corrected chi connectivity index (χ2v) is 7.25. The molecule has 1 atom stereocenters. The Balaban J connectivity index is 1.89. The predicted molar refractivity (Wildman–Crippen MR) is 89.3 cm³/mol. The van der Waals surface area contributed by atoms with Crippen molar-refractivity contribution in [2.24, 2.45) is 5.92 Å². The number of rotatable bonds is 5. The van der Waals surface area contributed by atoms with E-state index in [1.807, 2.05) is 0 Å². The summed E-state index contributed by atoms with van der Waals surface area (Å²) >= 11 is 7.09. The molecule has 0 aliphatic heterocycles. The normalized spacial score (nSPS) is 18.5. The molecule has 0 radical (unpaired) electrons. The zero-order chi connectivity index (χ0) is 13.7. The molecule has 1 fully saturated rings. The third kappa shape index (κ3) is 4.57. The van der Waals surface area contributed by atoms with Gasteiger partial charge in [-0.3, -0.25) is 0 Å². The van der Waals surface area contributed by atoms with E-state index in [0.29, 0.717) is 6.04 Å². The van der Waals surface area contributed by atoms with Crippen LogP contribution in [0.25, 0.3) is 0 Å². The second kappa shape index (κ2) is 7.80. The summed E-state index contributed by atoms with van der Waals surface area (Å²) in [4.78, 5) is 0. The van der Waals surface area contributed by atoms with Crippen LogP contribution >= 0.6 is 31.9 Å². The molecule has 1 nitrogen and oxygen atoms in total. The molecule has 1 aromatic rings. The van der Waals surface area contributed by atoms with Crippen molar-refractivity contribution in [1.29, 1.82) is 0 Å². The molecule has 1 aromatic carbocycles. The first-order chi connectivity index (χ1) is 9.20. The molecule has 1 unspecified atom stereocenters. The fourth-order valence-corrected chi connectivity index (χ4v) is 3.75. The van der Waals surface area contributed by atoms with Gasteiger partial charge in [-0.1, -0.05) is 32.3 Å². The highest BCUT2D eigenvalue weighted by molar-refractivity contribution is 9.13. The van der Waals surface area contributed by atoms with Crippen LogP contribution in [0, 0.1) is 5.92 Å². The van der Waals surface area contributed by atoms with Crippen LogP contribution in [-0.4, -0.2) is 6.04 Å². The van der Waals surface area contributed by atoms with Crippen molar-refractivity contribution in [3.05, 3.63) is 32.7 Å². The fourth-order valence-electron chi connectivity index (χ4n) is 3.08. The predicted octanol–water partition coefficient (Wildman–Crippen LogP) is 5.66. The maximum absolute atomic E-state index is 3.77. The van der Waals surface area contributed by atoms with Crippen LogP contribution in [0.5, 0.6) is 0 Å². The van der Waals surface area contributed by atoms with Crippen LogP contribution in [0.4, 0.5) is 0 Å². The van der Waals surface area contributed by atoms with Crippen LogP contribution < -0.4 is 5.32 Å². The third-order valence-electron chi connectivity index (χ3n) is 4.21. The summed E-state index contributed by atoms with van der Waals surface area (Å²) in [6.45, 7) is 3.28. The Morgan fingerprint density at radius 2 is 1.89 bits per heavy atom. The minimum absolute atomic E-state index is 0.683. The van der Waals surface area contributed by atoms with E-state index in [0.717, 1.165) is 21.4 Å². The Hall–Kier alpha value is 0.140. The quantitative estimate of drug-likeness (QED) is 0.685. The Morgan fingerprint density at radius 1 is 1.16 bits per heavy atom. The molecule has 0 spiro atoms. The Kier molecular flexibility index (Phi) is 6.37. The lowest BCUT2D eigenvalue weighted by molar-refractivity contribution is 0.261. The highest BCUT2D eigenvalue weighted by atomic mass is 79.9. The van der Waals surface area contributed by atoms with Crippen molar-refractivity contribution < 1.29 is 0 Å². The number of hydrogen-bond acceptors (Lipinski definition) is 1. The summed E-state index contributed by atoms with van der Waals surface area (Å²) in [6.07, 6.45) is 8.35. The largest absolute Gasteiger partial charge is 0.310 e. The molecule has 106 valence electrons. The van der Waals surface area contributed by atoms with Crippen molar-refractivity contribution in [2.75, 3.05) is 0 Å². The first-order valence-electron chi connectivity index (χ1n) is 7.38. The highest BCUT2D eigenvalue weighted by Crippen LogP contribution is 2.28. The molecule has 1 aliphatic carbocycles. The zero-order valence-electron chi connectivity index (χ0n) is 11.6. The Bertz CT molecular complexity index is 400. The maximum Gasteiger partial charge on any atom is 0.0320 e. The van der Waals surface area contributed by atoms with Crippen LogP contribution in [0.2, 0.25) is 0 Å². The first kappa shape index (κ1) is 15.5. The number of halogens is 2. The lowest BCUT2D eigenvalue weighted by Crippen LogP contribution is -2.36. The van der Waals surface area contributed by atoms with Crippen LogP contribution in [0.3, 0.4) is 0 Å². The highest BCUT2D eigenvalue weighted by Gasteiger charge is 2.21. The summed E-state index contributed by atoms with van der Waals surface area (Å²) in [5, 5.41) is 3.77. The molecule has 0 bridgehead atoms. The van der Waals surface area contributed by atoms with Crippen molar-refractivity contribution in [2.45, 2.75) is 58.0 Å². The van der Waals surface area contributed by atoms with E-state index < -0.39 is 0 Å². The third-order valence-corrected chi connectivity index (χ3v) is 6.09. The van der Waals surface area contributed by atoms with Gasteiger partial charge in [0.05, 0.1) is 0 Å². The van der Waals surface area contributed by atoms with Gasteiger partial charge in [0, 0.05) is 21.5 Å². The second-order valence-electron chi connectivity index (χ2n) is 5.54. The monoisotopic (exact) mass is 387 g/mol. The molecular weight excluding hydrogens is 366 g/mol. The SMILES string of the molecule is CCC(NCc1ccc(Br)c(Br)c1)C1CCCCC1. The van der Waals surface area contributed by atoms with Crippen LogP contribution in [-0.2, 0) is 6.54 Å². The zero-order valence-corrected chi connectivity index (χ0v) is 14.8.